The summed E-state index contributed by atoms with van der Waals surface area (Å²) in [7, 11) is 4.34. The van der Waals surface area contributed by atoms with Crippen molar-refractivity contribution >= 4 is 0 Å². The van der Waals surface area contributed by atoms with Crippen LogP contribution in [-0.4, -0.2) is 60.7 Å². The molecule has 3 atom stereocenters. The van der Waals surface area contributed by atoms with Gasteiger partial charge in [-0.2, -0.15) is 0 Å². The van der Waals surface area contributed by atoms with Crippen LogP contribution in [0.3, 0.4) is 0 Å². The van der Waals surface area contributed by atoms with Crippen LogP contribution in [0.5, 0.6) is 0 Å². The minimum atomic E-state index is 0.415. The van der Waals surface area contributed by atoms with E-state index in [9.17, 15) is 0 Å². The summed E-state index contributed by atoms with van der Waals surface area (Å²) in [6.07, 6.45) is 4.81. The SMILES string of the molecule is CN(C)[C@@H]1CN(Cc2ccccn2)C[C@@H]2CCCO[C@@H]21. The smallest absolute Gasteiger partial charge is 0.0782 e. The average Bonchev–Trinajstić information content (AvgIpc) is 2.47. The van der Waals surface area contributed by atoms with E-state index in [0.717, 1.165) is 26.2 Å². The average molecular weight is 275 g/mol. The molecular formula is C16H25N3O. The van der Waals surface area contributed by atoms with Gasteiger partial charge in [-0.05, 0) is 45.0 Å². The van der Waals surface area contributed by atoms with Gasteiger partial charge in [0, 0.05) is 38.5 Å². The van der Waals surface area contributed by atoms with Crippen molar-refractivity contribution in [3.05, 3.63) is 30.1 Å². The molecule has 0 spiro atoms. The van der Waals surface area contributed by atoms with Crippen molar-refractivity contribution in [3.8, 4) is 0 Å². The van der Waals surface area contributed by atoms with E-state index in [1.807, 2.05) is 12.3 Å². The van der Waals surface area contributed by atoms with Gasteiger partial charge in [0.25, 0.3) is 0 Å². The van der Waals surface area contributed by atoms with Crippen LogP contribution in [0.4, 0.5) is 0 Å². The molecule has 3 heterocycles. The summed E-state index contributed by atoms with van der Waals surface area (Å²) in [6.45, 7) is 4.11. The fraction of sp³-hybridized carbons (Fsp3) is 0.688. The molecule has 2 aliphatic rings. The summed E-state index contributed by atoms with van der Waals surface area (Å²) in [5.74, 6) is 0.675. The summed E-state index contributed by atoms with van der Waals surface area (Å²) in [6, 6.07) is 6.67. The Balaban J connectivity index is 1.70. The molecule has 0 bridgehead atoms. The van der Waals surface area contributed by atoms with Gasteiger partial charge in [-0.15, -0.1) is 0 Å². The summed E-state index contributed by atoms with van der Waals surface area (Å²) in [5.41, 5.74) is 1.17. The van der Waals surface area contributed by atoms with Gasteiger partial charge in [-0.25, -0.2) is 0 Å². The van der Waals surface area contributed by atoms with E-state index in [0.29, 0.717) is 18.1 Å². The second-order valence-corrected chi connectivity index (χ2v) is 6.28. The number of pyridine rings is 1. The molecule has 0 aliphatic carbocycles. The number of aromatic nitrogens is 1. The number of ether oxygens (including phenoxy) is 1. The normalized spacial score (nSPS) is 31.2. The summed E-state index contributed by atoms with van der Waals surface area (Å²) >= 11 is 0. The zero-order valence-corrected chi connectivity index (χ0v) is 12.5. The van der Waals surface area contributed by atoms with E-state index in [4.69, 9.17) is 4.74 Å². The first-order valence-corrected chi connectivity index (χ1v) is 7.64. The lowest BCUT2D eigenvalue weighted by Crippen LogP contribution is -2.59. The van der Waals surface area contributed by atoms with Crippen molar-refractivity contribution in [3.63, 3.8) is 0 Å². The monoisotopic (exact) mass is 275 g/mol. The first-order valence-electron chi connectivity index (χ1n) is 7.64. The molecule has 1 aromatic heterocycles. The van der Waals surface area contributed by atoms with Gasteiger partial charge in [-0.3, -0.25) is 9.88 Å². The highest BCUT2D eigenvalue weighted by Gasteiger charge is 2.40. The minimum absolute atomic E-state index is 0.415. The third kappa shape index (κ3) is 3.03. The van der Waals surface area contributed by atoms with Crippen LogP contribution in [0.2, 0.25) is 0 Å². The molecule has 110 valence electrons. The number of likely N-dealkylation sites (tertiary alicyclic amines) is 1. The van der Waals surface area contributed by atoms with Crippen LogP contribution in [0.15, 0.2) is 24.4 Å². The molecule has 20 heavy (non-hydrogen) atoms. The van der Waals surface area contributed by atoms with Gasteiger partial charge in [-0.1, -0.05) is 6.07 Å². The van der Waals surface area contributed by atoms with E-state index in [1.54, 1.807) is 0 Å². The predicted molar refractivity (Wildman–Crippen MR) is 79.5 cm³/mol. The van der Waals surface area contributed by atoms with Gasteiger partial charge < -0.3 is 9.64 Å². The van der Waals surface area contributed by atoms with Crippen LogP contribution < -0.4 is 0 Å². The molecule has 2 saturated heterocycles. The van der Waals surface area contributed by atoms with Gasteiger partial charge in [0.15, 0.2) is 0 Å². The third-order valence-electron chi connectivity index (χ3n) is 4.59. The van der Waals surface area contributed by atoms with E-state index >= 15 is 0 Å². The molecule has 0 saturated carbocycles. The maximum atomic E-state index is 6.07. The number of hydrogen-bond donors (Lipinski definition) is 0. The third-order valence-corrected chi connectivity index (χ3v) is 4.59. The van der Waals surface area contributed by atoms with Crippen molar-refractivity contribution < 1.29 is 4.74 Å². The van der Waals surface area contributed by atoms with Crippen molar-refractivity contribution in [1.82, 2.24) is 14.8 Å². The van der Waals surface area contributed by atoms with E-state index in [-0.39, 0.29) is 0 Å². The maximum Gasteiger partial charge on any atom is 0.0782 e. The van der Waals surface area contributed by atoms with Crippen molar-refractivity contribution in [2.45, 2.75) is 31.5 Å². The van der Waals surface area contributed by atoms with E-state index in [1.165, 1.54) is 18.5 Å². The quantitative estimate of drug-likeness (QED) is 0.838. The van der Waals surface area contributed by atoms with Crippen LogP contribution in [-0.2, 0) is 11.3 Å². The van der Waals surface area contributed by atoms with Gasteiger partial charge in [0.2, 0.25) is 0 Å². The standard InChI is InChI=1S/C16H25N3O/c1-18(2)15-12-19(11-14-7-3-4-8-17-14)10-13-6-5-9-20-16(13)15/h3-4,7-8,13,15-16H,5-6,9-12H2,1-2H3/t13-,15+,16-/m0/s1. The molecule has 0 aromatic carbocycles. The van der Waals surface area contributed by atoms with Gasteiger partial charge >= 0.3 is 0 Å². The summed E-state index contributed by atoms with van der Waals surface area (Å²) in [5, 5.41) is 0. The second kappa shape index (κ2) is 6.20. The minimum Gasteiger partial charge on any atom is -0.376 e. The Bertz CT molecular complexity index is 423. The number of hydrogen-bond acceptors (Lipinski definition) is 4. The number of piperidine rings is 1. The molecule has 2 aliphatic heterocycles. The number of nitrogens with zero attached hydrogens (tertiary/aromatic N) is 3. The number of likely N-dealkylation sites (N-methyl/N-ethyl adjacent to an activating group) is 1. The zero-order valence-electron chi connectivity index (χ0n) is 12.5. The fourth-order valence-electron chi connectivity index (χ4n) is 3.57. The predicted octanol–water partition coefficient (Wildman–Crippen LogP) is 1.62. The Kier molecular flexibility index (Phi) is 4.34. The van der Waals surface area contributed by atoms with E-state index < -0.39 is 0 Å². The van der Waals surface area contributed by atoms with Crippen LogP contribution in [0, 0.1) is 5.92 Å². The second-order valence-electron chi connectivity index (χ2n) is 6.28. The van der Waals surface area contributed by atoms with Crippen LogP contribution in [0.1, 0.15) is 18.5 Å². The lowest BCUT2D eigenvalue weighted by Gasteiger charge is -2.48. The Morgan fingerprint density at radius 3 is 3.00 bits per heavy atom. The van der Waals surface area contributed by atoms with Gasteiger partial charge in [0.1, 0.15) is 0 Å². The number of fused-ring (bicyclic) bond motifs is 1. The molecule has 1 aromatic rings. The molecule has 3 rings (SSSR count). The fourth-order valence-corrected chi connectivity index (χ4v) is 3.57. The van der Waals surface area contributed by atoms with Crippen molar-refractivity contribution in [2.75, 3.05) is 33.8 Å². The Hall–Kier alpha value is -0.970. The Morgan fingerprint density at radius 2 is 2.25 bits per heavy atom. The summed E-state index contributed by atoms with van der Waals surface area (Å²) in [4.78, 5) is 9.33. The topological polar surface area (TPSA) is 28.6 Å². The molecular weight excluding hydrogens is 250 g/mol. The molecule has 0 N–H and O–H groups in total. The Labute approximate surface area is 121 Å². The van der Waals surface area contributed by atoms with Crippen molar-refractivity contribution in [1.29, 1.82) is 0 Å². The highest BCUT2D eigenvalue weighted by atomic mass is 16.5. The highest BCUT2D eigenvalue weighted by Crippen LogP contribution is 2.30. The highest BCUT2D eigenvalue weighted by molar-refractivity contribution is 5.04. The largest absolute Gasteiger partial charge is 0.376 e. The first kappa shape index (κ1) is 14.0. The maximum absolute atomic E-state index is 6.07. The van der Waals surface area contributed by atoms with Gasteiger partial charge in [0.05, 0.1) is 11.8 Å². The number of rotatable bonds is 3. The molecule has 0 unspecified atom stereocenters. The zero-order chi connectivity index (χ0) is 13.9. The first-order chi connectivity index (χ1) is 9.74. The lowest BCUT2D eigenvalue weighted by atomic mass is 9.85. The Morgan fingerprint density at radius 1 is 1.35 bits per heavy atom. The van der Waals surface area contributed by atoms with E-state index in [2.05, 4.69) is 41.0 Å². The molecule has 4 heteroatoms. The lowest BCUT2D eigenvalue weighted by molar-refractivity contribution is -0.108. The van der Waals surface area contributed by atoms with Crippen molar-refractivity contribution in [2.24, 2.45) is 5.92 Å². The molecule has 4 nitrogen and oxygen atoms in total. The molecule has 0 amide bonds. The molecule has 2 fully saturated rings. The molecule has 0 radical (unpaired) electrons. The summed E-state index contributed by atoms with van der Waals surface area (Å²) < 4.78 is 6.07. The van der Waals surface area contributed by atoms with Crippen LogP contribution >= 0.6 is 0 Å². The van der Waals surface area contributed by atoms with Crippen LogP contribution in [0.25, 0.3) is 0 Å².